The topological polar surface area (TPSA) is 68.0 Å². The van der Waals surface area contributed by atoms with E-state index in [4.69, 9.17) is 0 Å². The zero-order chi connectivity index (χ0) is 13.6. The Morgan fingerprint density at radius 1 is 1.26 bits per heavy atom. The highest BCUT2D eigenvalue weighted by Crippen LogP contribution is 2.47. The van der Waals surface area contributed by atoms with Gasteiger partial charge in [-0.25, -0.2) is 4.79 Å². The maximum absolute atomic E-state index is 11.5. The van der Waals surface area contributed by atoms with Gasteiger partial charge in [-0.15, -0.1) is 10.2 Å². The van der Waals surface area contributed by atoms with Crippen LogP contribution in [0, 0.1) is 12.8 Å². The smallest absolute Gasteiger partial charge is 0.329 e. The largest absolute Gasteiger partial charge is 0.479 e. The lowest BCUT2D eigenvalue weighted by molar-refractivity contribution is -0.142. The van der Waals surface area contributed by atoms with E-state index in [2.05, 4.69) is 17.1 Å². The molecule has 1 N–H and O–H groups in total. The molecule has 3 rings (SSSR count). The SMILES string of the molecule is Cc1nnc(C2CCC(C)CC2)n1C1(C(=O)O)CC1. The number of aryl methyl sites for hydroxylation is 1. The lowest BCUT2D eigenvalue weighted by Crippen LogP contribution is -2.31. The Morgan fingerprint density at radius 3 is 2.42 bits per heavy atom. The molecule has 0 bridgehead atoms. The van der Waals surface area contributed by atoms with Crippen molar-refractivity contribution in [1.29, 1.82) is 0 Å². The minimum atomic E-state index is -0.744. The number of hydrogen-bond acceptors (Lipinski definition) is 3. The molecule has 104 valence electrons. The van der Waals surface area contributed by atoms with Gasteiger partial charge in [0.2, 0.25) is 0 Å². The summed E-state index contributed by atoms with van der Waals surface area (Å²) in [5.74, 6) is 2.08. The van der Waals surface area contributed by atoms with Gasteiger partial charge in [0.15, 0.2) is 0 Å². The van der Waals surface area contributed by atoms with Crippen molar-refractivity contribution in [2.75, 3.05) is 0 Å². The summed E-state index contributed by atoms with van der Waals surface area (Å²) in [7, 11) is 0. The van der Waals surface area contributed by atoms with E-state index in [1.807, 2.05) is 11.5 Å². The Kier molecular flexibility index (Phi) is 2.87. The number of nitrogens with zero attached hydrogens (tertiary/aromatic N) is 3. The van der Waals surface area contributed by atoms with E-state index in [9.17, 15) is 9.90 Å². The molecule has 1 aromatic heterocycles. The van der Waals surface area contributed by atoms with Crippen molar-refractivity contribution < 1.29 is 9.90 Å². The monoisotopic (exact) mass is 263 g/mol. The number of carboxylic acid groups (broad SMARTS) is 1. The fraction of sp³-hybridized carbons (Fsp3) is 0.786. The molecule has 2 aliphatic carbocycles. The first-order chi connectivity index (χ1) is 9.04. The summed E-state index contributed by atoms with van der Waals surface area (Å²) in [6, 6.07) is 0. The van der Waals surface area contributed by atoms with Gasteiger partial charge in [-0.05, 0) is 38.5 Å². The van der Waals surface area contributed by atoms with Gasteiger partial charge in [0.1, 0.15) is 17.2 Å². The first-order valence-electron chi connectivity index (χ1n) is 7.20. The van der Waals surface area contributed by atoms with Crippen LogP contribution < -0.4 is 0 Å². The summed E-state index contributed by atoms with van der Waals surface area (Å²) in [5.41, 5.74) is -0.744. The van der Waals surface area contributed by atoms with E-state index >= 15 is 0 Å². The highest BCUT2D eigenvalue weighted by molar-refractivity contribution is 5.80. The summed E-state index contributed by atoms with van der Waals surface area (Å²) in [4.78, 5) is 11.5. The van der Waals surface area contributed by atoms with E-state index in [-0.39, 0.29) is 0 Å². The number of carbonyl (C=O) groups is 1. The first-order valence-corrected chi connectivity index (χ1v) is 7.20. The Bertz CT molecular complexity index is 497. The third-order valence-electron chi connectivity index (χ3n) is 4.78. The van der Waals surface area contributed by atoms with Crippen LogP contribution in [0.15, 0.2) is 0 Å². The van der Waals surface area contributed by atoms with E-state index in [1.165, 1.54) is 12.8 Å². The molecular formula is C14H21N3O2. The molecular weight excluding hydrogens is 242 g/mol. The molecule has 0 spiro atoms. The fourth-order valence-electron chi connectivity index (χ4n) is 3.34. The standard InChI is InChI=1S/C14H21N3O2/c1-9-3-5-11(6-4-9)12-16-15-10(2)17(12)14(7-8-14)13(18)19/h9,11H,3-8H2,1-2H3,(H,18,19). The maximum atomic E-state index is 11.5. The number of hydrogen-bond donors (Lipinski definition) is 1. The van der Waals surface area contributed by atoms with Gasteiger partial charge < -0.3 is 5.11 Å². The molecule has 0 amide bonds. The maximum Gasteiger partial charge on any atom is 0.329 e. The lowest BCUT2D eigenvalue weighted by atomic mass is 9.82. The molecule has 0 atom stereocenters. The number of aliphatic carboxylic acids is 1. The van der Waals surface area contributed by atoms with Crippen LogP contribution in [0.3, 0.4) is 0 Å². The van der Waals surface area contributed by atoms with Crippen LogP contribution in [0.1, 0.15) is 63.0 Å². The van der Waals surface area contributed by atoms with E-state index in [1.54, 1.807) is 0 Å². The van der Waals surface area contributed by atoms with Gasteiger partial charge in [-0.2, -0.15) is 0 Å². The van der Waals surface area contributed by atoms with Crippen molar-refractivity contribution in [1.82, 2.24) is 14.8 Å². The molecule has 2 fully saturated rings. The average molecular weight is 263 g/mol. The summed E-state index contributed by atoms with van der Waals surface area (Å²) in [5, 5.41) is 17.9. The minimum absolute atomic E-state index is 0.384. The molecule has 2 aliphatic rings. The number of aromatic nitrogens is 3. The van der Waals surface area contributed by atoms with Gasteiger partial charge >= 0.3 is 5.97 Å². The summed E-state index contributed by atoms with van der Waals surface area (Å²) in [6.07, 6.45) is 6.03. The predicted molar refractivity (Wildman–Crippen MR) is 70.0 cm³/mol. The fourth-order valence-corrected chi connectivity index (χ4v) is 3.34. The Morgan fingerprint density at radius 2 is 1.89 bits per heavy atom. The molecule has 1 heterocycles. The van der Waals surface area contributed by atoms with Gasteiger partial charge in [-0.1, -0.05) is 19.8 Å². The lowest BCUT2D eigenvalue weighted by Gasteiger charge is -2.27. The van der Waals surface area contributed by atoms with Crippen LogP contribution in [0.25, 0.3) is 0 Å². The second-order valence-electron chi connectivity index (χ2n) is 6.23. The Labute approximate surface area is 113 Å². The summed E-state index contributed by atoms with van der Waals surface area (Å²) < 4.78 is 1.91. The van der Waals surface area contributed by atoms with Crippen molar-refractivity contribution in [3.8, 4) is 0 Å². The third-order valence-corrected chi connectivity index (χ3v) is 4.78. The highest BCUT2D eigenvalue weighted by atomic mass is 16.4. The van der Waals surface area contributed by atoms with Crippen molar-refractivity contribution in [3.05, 3.63) is 11.6 Å². The molecule has 5 nitrogen and oxygen atoms in total. The van der Waals surface area contributed by atoms with Gasteiger partial charge in [0.05, 0.1) is 0 Å². The van der Waals surface area contributed by atoms with E-state index in [0.717, 1.165) is 30.4 Å². The van der Waals surface area contributed by atoms with Crippen LogP contribution in [-0.4, -0.2) is 25.8 Å². The van der Waals surface area contributed by atoms with Crippen LogP contribution in [0.4, 0.5) is 0 Å². The van der Waals surface area contributed by atoms with Gasteiger partial charge in [0, 0.05) is 5.92 Å². The minimum Gasteiger partial charge on any atom is -0.479 e. The average Bonchev–Trinajstić information content (AvgIpc) is 3.09. The predicted octanol–water partition coefficient (Wildman–Crippen LogP) is 2.45. The van der Waals surface area contributed by atoms with E-state index < -0.39 is 11.5 Å². The number of rotatable bonds is 3. The molecule has 0 unspecified atom stereocenters. The van der Waals surface area contributed by atoms with Crippen LogP contribution in [0.5, 0.6) is 0 Å². The molecule has 0 aromatic carbocycles. The zero-order valence-corrected chi connectivity index (χ0v) is 11.6. The number of carboxylic acids is 1. The normalized spacial score (nSPS) is 29.2. The van der Waals surface area contributed by atoms with Crippen molar-refractivity contribution >= 4 is 5.97 Å². The Balaban J connectivity index is 1.93. The zero-order valence-electron chi connectivity index (χ0n) is 11.6. The molecule has 2 saturated carbocycles. The first kappa shape index (κ1) is 12.6. The molecule has 0 saturated heterocycles. The molecule has 5 heteroatoms. The molecule has 0 radical (unpaired) electrons. The molecule has 0 aliphatic heterocycles. The van der Waals surface area contributed by atoms with Crippen LogP contribution in [-0.2, 0) is 10.3 Å². The van der Waals surface area contributed by atoms with E-state index in [0.29, 0.717) is 18.8 Å². The summed E-state index contributed by atoms with van der Waals surface area (Å²) >= 11 is 0. The van der Waals surface area contributed by atoms with Gasteiger partial charge in [0.25, 0.3) is 0 Å². The van der Waals surface area contributed by atoms with Gasteiger partial charge in [-0.3, -0.25) is 4.57 Å². The third kappa shape index (κ3) is 1.95. The quantitative estimate of drug-likeness (QED) is 0.909. The van der Waals surface area contributed by atoms with Crippen molar-refractivity contribution in [3.63, 3.8) is 0 Å². The van der Waals surface area contributed by atoms with Crippen LogP contribution in [0.2, 0.25) is 0 Å². The molecule has 19 heavy (non-hydrogen) atoms. The highest BCUT2D eigenvalue weighted by Gasteiger charge is 2.54. The second-order valence-corrected chi connectivity index (χ2v) is 6.23. The van der Waals surface area contributed by atoms with Crippen molar-refractivity contribution in [2.45, 2.75) is 63.8 Å². The second kappa shape index (κ2) is 4.32. The Hall–Kier alpha value is -1.39. The van der Waals surface area contributed by atoms with Crippen molar-refractivity contribution in [2.24, 2.45) is 5.92 Å². The summed E-state index contributed by atoms with van der Waals surface area (Å²) in [6.45, 7) is 4.15. The molecule has 1 aromatic rings. The van der Waals surface area contributed by atoms with Crippen LogP contribution >= 0.6 is 0 Å².